The van der Waals surface area contributed by atoms with Crippen molar-refractivity contribution in [3.63, 3.8) is 0 Å². The van der Waals surface area contributed by atoms with Crippen LogP contribution in [0.3, 0.4) is 0 Å². The molecule has 4 nitrogen and oxygen atoms in total. The van der Waals surface area contributed by atoms with Gasteiger partial charge in [0.05, 0.1) is 5.69 Å². The average molecular weight is 405 g/mol. The van der Waals surface area contributed by atoms with E-state index in [1.807, 2.05) is 12.1 Å². The van der Waals surface area contributed by atoms with Crippen molar-refractivity contribution in [1.82, 2.24) is 4.90 Å². The van der Waals surface area contributed by atoms with Crippen LogP contribution in [0, 0.1) is 3.57 Å². The minimum Gasteiger partial charge on any atom is -0.329 e. The predicted molar refractivity (Wildman–Crippen MR) is 85.9 cm³/mol. The highest BCUT2D eigenvalue weighted by Gasteiger charge is 2.46. The van der Waals surface area contributed by atoms with Crippen molar-refractivity contribution in [3.8, 4) is 0 Å². The smallest absolute Gasteiger partial charge is 0.250 e. The molecule has 0 spiro atoms. The monoisotopic (exact) mass is 404 g/mol. The van der Waals surface area contributed by atoms with E-state index in [9.17, 15) is 9.59 Å². The van der Waals surface area contributed by atoms with Crippen molar-refractivity contribution in [2.75, 3.05) is 11.4 Å². The third-order valence-corrected chi connectivity index (χ3v) is 5.07. The summed E-state index contributed by atoms with van der Waals surface area (Å²) in [6.45, 7) is 2.49. The van der Waals surface area contributed by atoms with Gasteiger partial charge in [0.1, 0.15) is 12.1 Å². The van der Waals surface area contributed by atoms with Crippen LogP contribution < -0.4 is 4.90 Å². The number of halogens is 2. The summed E-state index contributed by atoms with van der Waals surface area (Å²) in [7, 11) is 0. The third-order valence-electron chi connectivity index (χ3n) is 3.97. The molecule has 2 amide bonds. The number of piperazine rings is 1. The minimum absolute atomic E-state index is 0.0230. The van der Waals surface area contributed by atoms with Crippen LogP contribution in [0.4, 0.5) is 5.69 Å². The van der Waals surface area contributed by atoms with Gasteiger partial charge in [0.25, 0.3) is 5.91 Å². The topological polar surface area (TPSA) is 40.6 Å². The van der Waals surface area contributed by atoms with Crippen molar-refractivity contribution >= 4 is 51.7 Å². The molecule has 1 aromatic carbocycles. The number of fused-ring (bicyclic) bond motifs is 1. The number of nitrogens with zero attached hydrogens (tertiary/aromatic N) is 2. The molecule has 2 aliphatic heterocycles. The minimum atomic E-state index is -0.452. The number of hydrogen-bond acceptors (Lipinski definition) is 2. The maximum atomic E-state index is 12.7. The van der Waals surface area contributed by atoms with Gasteiger partial charge >= 0.3 is 0 Å². The first kappa shape index (κ1) is 14.1. The molecular formula is C14H14ClIN2O2. The van der Waals surface area contributed by atoms with Gasteiger partial charge in [-0.3, -0.25) is 14.5 Å². The number of anilines is 1. The van der Waals surface area contributed by atoms with Crippen molar-refractivity contribution < 1.29 is 9.59 Å². The molecule has 0 N–H and O–H groups in total. The predicted octanol–water partition coefficient (Wildman–Crippen LogP) is 2.67. The van der Waals surface area contributed by atoms with Crippen molar-refractivity contribution in [2.24, 2.45) is 0 Å². The lowest BCUT2D eigenvalue weighted by molar-refractivity contribution is -0.143. The maximum absolute atomic E-state index is 12.7. The number of carbonyl (C=O) groups is 2. The van der Waals surface area contributed by atoms with E-state index in [1.165, 1.54) is 0 Å². The Morgan fingerprint density at radius 1 is 1.30 bits per heavy atom. The first-order valence-electron chi connectivity index (χ1n) is 6.59. The van der Waals surface area contributed by atoms with Gasteiger partial charge in [-0.1, -0.05) is 11.6 Å². The van der Waals surface area contributed by atoms with Gasteiger partial charge < -0.3 is 4.90 Å². The van der Waals surface area contributed by atoms with Crippen LogP contribution in [0.5, 0.6) is 0 Å². The molecule has 0 saturated carbocycles. The number of carbonyl (C=O) groups excluding carboxylic acids is 2. The highest BCUT2D eigenvalue weighted by atomic mass is 127. The Morgan fingerprint density at radius 3 is 2.75 bits per heavy atom. The molecule has 0 aliphatic carbocycles. The van der Waals surface area contributed by atoms with Crippen LogP contribution in [0.2, 0.25) is 5.02 Å². The van der Waals surface area contributed by atoms with Crippen LogP contribution in [-0.2, 0) is 9.59 Å². The molecule has 1 aromatic rings. The number of amides is 2. The van der Waals surface area contributed by atoms with Gasteiger partial charge in [0.2, 0.25) is 5.91 Å². The lowest BCUT2D eigenvalue weighted by atomic mass is 10.1. The molecule has 0 aromatic heterocycles. The molecule has 6 heteroatoms. The van der Waals surface area contributed by atoms with E-state index in [4.69, 9.17) is 11.6 Å². The lowest BCUT2D eigenvalue weighted by Crippen LogP contribution is -2.62. The Morgan fingerprint density at radius 2 is 2.05 bits per heavy atom. The van der Waals surface area contributed by atoms with Crippen LogP contribution >= 0.6 is 34.2 Å². The van der Waals surface area contributed by atoms with Gasteiger partial charge in [-0.2, -0.15) is 0 Å². The second-order valence-electron chi connectivity index (χ2n) is 5.17. The molecule has 20 heavy (non-hydrogen) atoms. The standard InChI is InChI=1S/C14H14ClIN2O2/c1-8-13(19)17-6-2-3-12(17)14(20)18(8)11-5-4-9(15)7-10(11)16/h4-5,7-8,12H,2-3,6H2,1H3. The molecule has 2 heterocycles. The van der Waals surface area contributed by atoms with Crippen molar-refractivity contribution in [1.29, 1.82) is 0 Å². The largest absolute Gasteiger partial charge is 0.329 e. The summed E-state index contributed by atoms with van der Waals surface area (Å²) < 4.78 is 0.884. The average Bonchev–Trinajstić information content (AvgIpc) is 2.88. The normalized spacial score (nSPS) is 26.1. The lowest BCUT2D eigenvalue weighted by Gasteiger charge is -2.41. The summed E-state index contributed by atoms with van der Waals surface area (Å²) >= 11 is 8.12. The second kappa shape index (κ2) is 5.18. The first-order valence-corrected chi connectivity index (χ1v) is 8.05. The van der Waals surface area contributed by atoms with Gasteiger partial charge in [-0.15, -0.1) is 0 Å². The maximum Gasteiger partial charge on any atom is 0.250 e. The van der Waals surface area contributed by atoms with Crippen LogP contribution in [0.15, 0.2) is 18.2 Å². The van der Waals surface area contributed by atoms with Gasteiger partial charge in [-0.25, -0.2) is 0 Å². The highest BCUT2D eigenvalue weighted by molar-refractivity contribution is 14.1. The Kier molecular flexibility index (Phi) is 3.66. The molecule has 2 unspecified atom stereocenters. The molecule has 2 fully saturated rings. The number of benzene rings is 1. The summed E-state index contributed by atoms with van der Waals surface area (Å²) in [6.07, 6.45) is 1.67. The molecular weight excluding hydrogens is 391 g/mol. The molecule has 2 aliphatic rings. The molecule has 3 rings (SSSR count). The van der Waals surface area contributed by atoms with E-state index in [0.29, 0.717) is 11.6 Å². The van der Waals surface area contributed by atoms with E-state index in [0.717, 1.165) is 22.1 Å². The third kappa shape index (κ3) is 2.11. The zero-order valence-corrected chi connectivity index (χ0v) is 13.9. The Labute approximate surface area is 136 Å². The zero-order chi connectivity index (χ0) is 14.4. The van der Waals surface area contributed by atoms with Crippen LogP contribution in [0.25, 0.3) is 0 Å². The van der Waals surface area contributed by atoms with E-state index in [-0.39, 0.29) is 17.9 Å². The molecule has 0 bridgehead atoms. The van der Waals surface area contributed by atoms with E-state index in [1.54, 1.807) is 22.8 Å². The Balaban J connectivity index is 2.03. The summed E-state index contributed by atoms with van der Waals surface area (Å²) in [5, 5.41) is 0.629. The zero-order valence-electron chi connectivity index (χ0n) is 11.0. The Bertz CT molecular complexity index is 593. The fourth-order valence-electron chi connectivity index (χ4n) is 2.99. The summed E-state index contributed by atoms with van der Waals surface area (Å²) in [5.41, 5.74) is 0.771. The molecule has 2 saturated heterocycles. The van der Waals surface area contributed by atoms with Crippen molar-refractivity contribution in [2.45, 2.75) is 31.8 Å². The van der Waals surface area contributed by atoms with Gasteiger partial charge in [0.15, 0.2) is 0 Å². The fraction of sp³-hybridized carbons (Fsp3) is 0.429. The Hall–Kier alpha value is -0.820. The quantitative estimate of drug-likeness (QED) is 0.675. The van der Waals surface area contributed by atoms with E-state index in [2.05, 4.69) is 22.6 Å². The number of hydrogen-bond donors (Lipinski definition) is 0. The SMILES string of the molecule is CC1C(=O)N2CCCC2C(=O)N1c1ccc(Cl)cc1I. The molecule has 106 valence electrons. The molecule has 2 atom stereocenters. The first-order chi connectivity index (χ1) is 9.50. The summed E-state index contributed by atoms with van der Waals surface area (Å²) in [5.74, 6) is 0.0627. The van der Waals surface area contributed by atoms with Gasteiger partial charge in [-0.05, 0) is 60.6 Å². The molecule has 0 radical (unpaired) electrons. The van der Waals surface area contributed by atoms with Crippen molar-refractivity contribution in [3.05, 3.63) is 26.8 Å². The van der Waals surface area contributed by atoms with Gasteiger partial charge in [0, 0.05) is 15.1 Å². The summed E-state index contributed by atoms with van der Waals surface area (Å²) in [6, 6.07) is 4.64. The summed E-state index contributed by atoms with van der Waals surface area (Å²) in [4.78, 5) is 28.5. The number of rotatable bonds is 1. The second-order valence-corrected chi connectivity index (χ2v) is 6.77. The van der Waals surface area contributed by atoms with E-state index < -0.39 is 6.04 Å². The fourth-order valence-corrected chi connectivity index (χ4v) is 4.12. The van der Waals surface area contributed by atoms with Crippen LogP contribution in [-0.4, -0.2) is 35.3 Å². The van der Waals surface area contributed by atoms with E-state index >= 15 is 0 Å². The highest BCUT2D eigenvalue weighted by Crippen LogP contribution is 2.34. The van der Waals surface area contributed by atoms with Crippen LogP contribution in [0.1, 0.15) is 19.8 Å².